The van der Waals surface area contributed by atoms with Crippen LogP contribution in [0, 0.1) is 26.7 Å². The fourth-order valence-electron chi connectivity index (χ4n) is 4.40. The molecule has 8 heteroatoms. The summed E-state index contributed by atoms with van der Waals surface area (Å²) < 4.78 is 5.29. The van der Waals surface area contributed by atoms with Crippen LogP contribution in [0.15, 0.2) is 39.8 Å². The average Bonchev–Trinajstić information content (AvgIpc) is 3.07. The molecule has 5 rings (SSSR count). The summed E-state index contributed by atoms with van der Waals surface area (Å²) in [5.41, 5.74) is 2.83. The van der Waals surface area contributed by atoms with Gasteiger partial charge in [-0.25, -0.2) is 14.8 Å². The molecule has 0 saturated carbocycles. The van der Waals surface area contributed by atoms with Gasteiger partial charge in [0.15, 0.2) is 0 Å². The minimum Gasteiger partial charge on any atom is -0.423 e. The predicted molar refractivity (Wildman–Crippen MR) is 128 cm³/mol. The maximum absolute atomic E-state index is 12.9. The molecule has 0 bridgehead atoms. The van der Waals surface area contributed by atoms with Gasteiger partial charge in [0.2, 0.25) is 5.91 Å². The Bertz CT molecular complexity index is 1400. The van der Waals surface area contributed by atoms with Crippen LogP contribution in [-0.4, -0.2) is 29.0 Å². The van der Waals surface area contributed by atoms with Crippen molar-refractivity contribution in [3.63, 3.8) is 0 Å². The molecule has 1 aromatic carbocycles. The highest BCUT2D eigenvalue weighted by atomic mass is 32.1. The molecule has 3 aromatic heterocycles. The van der Waals surface area contributed by atoms with Crippen molar-refractivity contribution in [1.82, 2.24) is 9.97 Å². The summed E-state index contributed by atoms with van der Waals surface area (Å²) >= 11 is 1.70. The summed E-state index contributed by atoms with van der Waals surface area (Å²) in [5, 5.41) is 4.99. The zero-order valence-corrected chi connectivity index (χ0v) is 19.1. The summed E-state index contributed by atoms with van der Waals surface area (Å²) in [4.78, 5) is 38.1. The third kappa shape index (κ3) is 3.64. The zero-order chi connectivity index (χ0) is 22.4. The maximum atomic E-state index is 12.9. The lowest BCUT2D eigenvalue weighted by Gasteiger charge is -2.32. The number of aromatic nitrogens is 2. The van der Waals surface area contributed by atoms with E-state index in [1.54, 1.807) is 23.7 Å². The third-order valence-corrected chi connectivity index (χ3v) is 7.44. The van der Waals surface area contributed by atoms with Crippen LogP contribution in [0.2, 0.25) is 0 Å². The van der Waals surface area contributed by atoms with Crippen LogP contribution in [0.4, 0.5) is 11.5 Å². The monoisotopic (exact) mass is 448 g/mol. The molecule has 0 radical (unpaired) electrons. The van der Waals surface area contributed by atoms with E-state index in [2.05, 4.69) is 34.0 Å². The number of nitrogens with one attached hydrogen (secondary N) is 1. The summed E-state index contributed by atoms with van der Waals surface area (Å²) in [7, 11) is 0. The lowest BCUT2D eigenvalue weighted by molar-refractivity contribution is -0.120. The van der Waals surface area contributed by atoms with Gasteiger partial charge in [-0.2, -0.15) is 0 Å². The number of amides is 1. The van der Waals surface area contributed by atoms with Crippen LogP contribution in [0.1, 0.15) is 28.8 Å². The standard InChI is InChI=1S/C24H24N4O3S/c1-13-10-20(29)31-19-11-17(4-5-18(13)19)27-23(30)16-6-8-28(9-7-16)22-21-14(2)15(3)32-24(21)26-12-25-22/h4-5,10-12,16H,6-9H2,1-3H3,(H,27,30). The summed E-state index contributed by atoms with van der Waals surface area (Å²) in [6.45, 7) is 7.64. The minimum absolute atomic E-state index is 0.00519. The summed E-state index contributed by atoms with van der Waals surface area (Å²) in [6.07, 6.45) is 3.13. The fourth-order valence-corrected chi connectivity index (χ4v) is 5.40. The topological polar surface area (TPSA) is 88.3 Å². The van der Waals surface area contributed by atoms with Gasteiger partial charge in [0.25, 0.3) is 0 Å². The molecule has 1 N–H and O–H groups in total. The Morgan fingerprint density at radius 1 is 1.16 bits per heavy atom. The van der Waals surface area contributed by atoms with Crippen LogP contribution in [-0.2, 0) is 4.79 Å². The Morgan fingerprint density at radius 2 is 1.94 bits per heavy atom. The molecule has 0 aliphatic carbocycles. The lowest BCUT2D eigenvalue weighted by Crippen LogP contribution is -2.38. The molecule has 1 amide bonds. The van der Waals surface area contributed by atoms with Crippen LogP contribution < -0.4 is 15.8 Å². The Balaban J connectivity index is 1.29. The van der Waals surface area contributed by atoms with E-state index in [4.69, 9.17) is 4.42 Å². The number of aryl methyl sites for hydroxylation is 3. The van der Waals surface area contributed by atoms with Crippen molar-refractivity contribution in [1.29, 1.82) is 0 Å². The molecule has 1 aliphatic heterocycles. The Kier molecular flexibility index (Phi) is 5.17. The number of fused-ring (bicyclic) bond motifs is 2. The Labute approximate surface area is 189 Å². The van der Waals surface area contributed by atoms with Crippen molar-refractivity contribution < 1.29 is 9.21 Å². The van der Waals surface area contributed by atoms with Crippen molar-refractivity contribution in [3.8, 4) is 0 Å². The number of nitrogens with zero attached hydrogens (tertiary/aromatic N) is 3. The second-order valence-electron chi connectivity index (χ2n) is 8.37. The smallest absolute Gasteiger partial charge is 0.336 e. The minimum atomic E-state index is -0.388. The SMILES string of the molecule is Cc1sc2ncnc(N3CCC(C(=O)Nc4ccc5c(C)cc(=O)oc5c4)CC3)c2c1C. The van der Waals surface area contributed by atoms with Crippen molar-refractivity contribution >= 4 is 49.9 Å². The van der Waals surface area contributed by atoms with E-state index in [1.165, 1.54) is 16.5 Å². The quantitative estimate of drug-likeness (QED) is 0.462. The first-order valence-corrected chi connectivity index (χ1v) is 11.5. The van der Waals surface area contributed by atoms with Crippen LogP contribution >= 0.6 is 11.3 Å². The highest BCUT2D eigenvalue weighted by Crippen LogP contribution is 2.35. The number of hydrogen-bond donors (Lipinski definition) is 1. The van der Waals surface area contributed by atoms with E-state index < -0.39 is 0 Å². The molecule has 4 aromatic rings. The number of piperidine rings is 1. The second-order valence-corrected chi connectivity index (χ2v) is 9.57. The van der Waals surface area contributed by atoms with Crippen molar-refractivity contribution in [2.45, 2.75) is 33.6 Å². The summed E-state index contributed by atoms with van der Waals surface area (Å²) in [6, 6.07) is 6.91. The van der Waals surface area contributed by atoms with E-state index in [9.17, 15) is 9.59 Å². The number of hydrogen-bond acceptors (Lipinski definition) is 7. The van der Waals surface area contributed by atoms with Gasteiger partial charge in [-0.3, -0.25) is 4.79 Å². The van der Waals surface area contributed by atoms with Crippen LogP contribution in [0.25, 0.3) is 21.2 Å². The highest BCUT2D eigenvalue weighted by molar-refractivity contribution is 7.18. The zero-order valence-electron chi connectivity index (χ0n) is 18.3. The van der Waals surface area contributed by atoms with E-state index in [0.717, 1.165) is 52.9 Å². The van der Waals surface area contributed by atoms with Crippen molar-refractivity contribution in [2.75, 3.05) is 23.3 Å². The van der Waals surface area contributed by atoms with Gasteiger partial charge >= 0.3 is 5.63 Å². The maximum Gasteiger partial charge on any atom is 0.336 e. The van der Waals surface area contributed by atoms with Gasteiger partial charge in [-0.05, 0) is 56.9 Å². The molecule has 1 fully saturated rings. The predicted octanol–water partition coefficient (Wildman–Crippen LogP) is 4.58. The average molecular weight is 449 g/mol. The van der Waals surface area contributed by atoms with E-state index >= 15 is 0 Å². The Morgan fingerprint density at radius 3 is 2.72 bits per heavy atom. The molecular weight excluding hydrogens is 424 g/mol. The lowest BCUT2D eigenvalue weighted by atomic mass is 9.95. The van der Waals surface area contributed by atoms with Crippen LogP contribution in [0.3, 0.4) is 0 Å². The first kappa shape index (κ1) is 20.6. The van der Waals surface area contributed by atoms with Gasteiger partial charge in [0.1, 0.15) is 22.6 Å². The van der Waals surface area contributed by atoms with Crippen LogP contribution in [0.5, 0.6) is 0 Å². The second kappa shape index (κ2) is 8.02. The van der Waals surface area contributed by atoms with E-state index in [0.29, 0.717) is 11.3 Å². The number of thiophene rings is 1. The van der Waals surface area contributed by atoms with E-state index in [-0.39, 0.29) is 17.5 Å². The molecule has 0 unspecified atom stereocenters. The number of rotatable bonds is 3. The first-order valence-electron chi connectivity index (χ1n) is 10.7. The molecule has 0 atom stereocenters. The van der Waals surface area contributed by atoms with Gasteiger partial charge in [0.05, 0.1) is 5.39 Å². The van der Waals surface area contributed by atoms with E-state index in [1.807, 2.05) is 19.1 Å². The molecule has 1 aliphatic rings. The van der Waals surface area contributed by atoms with Crippen molar-refractivity contribution in [3.05, 3.63) is 57.0 Å². The van der Waals surface area contributed by atoms with Crippen molar-refractivity contribution in [2.24, 2.45) is 5.92 Å². The summed E-state index contributed by atoms with van der Waals surface area (Å²) in [5.74, 6) is 0.888. The molecule has 164 valence electrons. The molecule has 1 saturated heterocycles. The third-order valence-electron chi connectivity index (χ3n) is 6.33. The largest absolute Gasteiger partial charge is 0.423 e. The first-order chi connectivity index (χ1) is 15.4. The van der Waals surface area contributed by atoms with Gasteiger partial charge in [-0.1, -0.05) is 0 Å². The number of carbonyl (C=O) groups excluding carboxylic acids is 1. The number of anilines is 2. The fraction of sp³-hybridized carbons (Fsp3) is 0.333. The van der Waals surface area contributed by atoms with Gasteiger partial charge in [0, 0.05) is 47.1 Å². The number of carbonyl (C=O) groups is 1. The molecular formula is C24H24N4O3S. The van der Waals surface area contributed by atoms with Gasteiger partial charge in [-0.15, -0.1) is 11.3 Å². The molecule has 7 nitrogen and oxygen atoms in total. The van der Waals surface area contributed by atoms with Gasteiger partial charge < -0.3 is 14.6 Å². The number of benzene rings is 1. The molecule has 4 heterocycles. The normalized spacial score (nSPS) is 14.9. The Hall–Kier alpha value is -3.26. The molecule has 32 heavy (non-hydrogen) atoms. The highest BCUT2D eigenvalue weighted by Gasteiger charge is 2.27. The molecule has 0 spiro atoms.